The van der Waals surface area contributed by atoms with Gasteiger partial charge in [-0.05, 0) is 12.0 Å². The molecular formula is C10H17N5. The maximum Gasteiger partial charge on any atom is 0.188 e. The van der Waals surface area contributed by atoms with Gasteiger partial charge in [0.2, 0.25) is 0 Å². The van der Waals surface area contributed by atoms with E-state index in [0.29, 0.717) is 19.0 Å². The molecule has 0 bridgehead atoms. The molecule has 1 aromatic heterocycles. The first-order valence-corrected chi connectivity index (χ1v) is 4.84. The zero-order chi connectivity index (χ0) is 11.1. The van der Waals surface area contributed by atoms with E-state index in [2.05, 4.69) is 22.0 Å². The first-order chi connectivity index (χ1) is 7.22. The zero-order valence-electron chi connectivity index (χ0n) is 8.98. The van der Waals surface area contributed by atoms with Crippen molar-refractivity contribution in [3.8, 4) is 0 Å². The summed E-state index contributed by atoms with van der Waals surface area (Å²) in [5.41, 5.74) is 6.76. The van der Waals surface area contributed by atoms with E-state index in [1.165, 1.54) is 0 Å². The lowest BCUT2D eigenvalue weighted by molar-refractivity contribution is 0.766. The highest BCUT2D eigenvalue weighted by Crippen LogP contribution is 1.97. The lowest BCUT2D eigenvalue weighted by Gasteiger charge is -2.00. The lowest BCUT2D eigenvalue weighted by atomic mass is 10.3. The number of aliphatic imine (C=N–C) groups is 1. The summed E-state index contributed by atoms with van der Waals surface area (Å²) < 4.78 is 1.78. The fourth-order valence-corrected chi connectivity index (χ4v) is 1.14. The summed E-state index contributed by atoms with van der Waals surface area (Å²) in [4.78, 5) is 4.16. The maximum absolute atomic E-state index is 5.60. The smallest absolute Gasteiger partial charge is 0.188 e. The van der Waals surface area contributed by atoms with Gasteiger partial charge in [0.05, 0.1) is 6.20 Å². The van der Waals surface area contributed by atoms with Crippen LogP contribution in [0.1, 0.15) is 5.56 Å². The van der Waals surface area contributed by atoms with Crippen molar-refractivity contribution in [2.75, 3.05) is 13.1 Å². The maximum atomic E-state index is 5.60. The van der Waals surface area contributed by atoms with Crippen LogP contribution in [0.25, 0.3) is 0 Å². The topological polar surface area (TPSA) is 68.2 Å². The minimum absolute atomic E-state index is 0.457. The molecule has 82 valence electrons. The molecule has 0 aromatic carbocycles. The van der Waals surface area contributed by atoms with Gasteiger partial charge in [-0.1, -0.05) is 6.08 Å². The van der Waals surface area contributed by atoms with E-state index < -0.39 is 0 Å². The average Bonchev–Trinajstić information content (AvgIpc) is 2.61. The standard InChI is InChI=1S/C10H17N5/c1-3-5-12-10(11)13-6-4-9-7-14-15(2)8-9/h3,7-8H,1,4-6H2,2H3,(H3,11,12,13). The van der Waals surface area contributed by atoms with Crippen LogP contribution in [-0.4, -0.2) is 28.8 Å². The average molecular weight is 207 g/mol. The number of hydrogen-bond donors (Lipinski definition) is 2. The molecule has 1 rings (SSSR count). The van der Waals surface area contributed by atoms with E-state index in [1.807, 2.05) is 19.4 Å². The number of nitrogens with two attached hydrogens (primary N) is 1. The van der Waals surface area contributed by atoms with Crippen LogP contribution in [-0.2, 0) is 13.5 Å². The first kappa shape index (κ1) is 11.3. The first-order valence-electron chi connectivity index (χ1n) is 4.84. The van der Waals surface area contributed by atoms with Gasteiger partial charge in [-0.15, -0.1) is 6.58 Å². The molecule has 0 radical (unpaired) electrons. The van der Waals surface area contributed by atoms with E-state index in [1.54, 1.807) is 10.8 Å². The van der Waals surface area contributed by atoms with E-state index >= 15 is 0 Å². The van der Waals surface area contributed by atoms with Crippen molar-refractivity contribution in [2.24, 2.45) is 17.8 Å². The molecule has 5 nitrogen and oxygen atoms in total. The lowest BCUT2D eigenvalue weighted by Crippen LogP contribution is -2.31. The van der Waals surface area contributed by atoms with Crippen LogP contribution < -0.4 is 11.1 Å². The van der Waals surface area contributed by atoms with Gasteiger partial charge in [0, 0.05) is 26.3 Å². The fourth-order valence-electron chi connectivity index (χ4n) is 1.14. The summed E-state index contributed by atoms with van der Waals surface area (Å²) in [5, 5.41) is 6.98. The Morgan fingerprint density at radius 2 is 2.60 bits per heavy atom. The van der Waals surface area contributed by atoms with E-state index in [0.717, 1.165) is 12.0 Å². The second-order valence-corrected chi connectivity index (χ2v) is 3.21. The number of guanidine groups is 1. The molecule has 1 heterocycles. The quantitative estimate of drug-likeness (QED) is 0.407. The molecule has 0 amide bonds. The predicted octanol–water partition coefficient (Wildman–Crippen LogP) is 0.0529. The van der Waals surface area contributed by atoms with Crippen LogP contribution in [0, 0.1) is 0 Å². The molecule has 15 heavy (non-hydrogen) atoms. The summed E-state index contributed by atoms with van der Waals surface area (Å²) in [6.07, 6.45) is 6.40. The van der Waals surface area contributed by atoms with E-state index in [4.69, 9.17) is 5.73 Å². The van der Waals surface area contributed by atoms with E-state index in [-0.39, 0.29) is 0 Å². The summed E-state index contributed by atoms with van der Waals surface area (Å²) in [6, 6.07) is 0. The summed E-state index contributed by atoms with van der Waals surface area (Å²) in [7, 11) is 1.90. The summed E-state index contributed by atoms with van der Waals surface area (Å²) >= 11 is 0. The Balaban J connectivity index is 2.28. The number of nitrogens with zero attached hydrogens (tertiary/aromatic N) is 3. The van der Waals surface area contributed by atoms with Crippen molar-refractivity contribution < 1.29 is 0 Å². The molecule has 0 saturated heterocycles. The van der Waals surface area contributed by atoms with Gasteiger partial charge in [0.25, 0.3) is 0 Å². The minimum Gasteiger partial charge on any atom is -0.370 e. The number of hydrogen-bond acceptors (Lipinski definition) is 2. The number of aromatic nitrogens is 2. The number of nitrogens with one attached hydrogen (secondary N) is 1. The SMILES string of the molecule is C=CCNC(N)=NCCc1cnn(C)c1. The molecule has 3 N–H and O–H groups in total. The molecule has 0 aliphatic rings. The second-order valence-electron chi connectivity index (χ2n) is 3.21. The van der Waals surface area contributed by atoms with Crippen molar-refractivity contribution in [3.63, 3.8) is 0 Å². The molecule has 1 aromatic rings. The third kappa shape index (κ3) is 4.30. The monoisotopic (exact) mass is 207 g/mol. The Bertz CT molecular complexity index is 339. The highest BCUT2D eigenvalue weighted by atomic mass is 15.2. The third-order valence-electron chi connectivity index (χ3n) is 1.87. The van der Waals surface area contributed by atoms with Gasteiger partial charge in [-0.2, -0.15) is 5.10 Å². The van der Waals surface area contributed by atoms with Crippen molar-refractivity contribution >= 4 is 5.96 Å². The minimum atomic E-state index is 0.457. The highest BCUT2D eigenvalue weighted by Gasteiger charge is 1.95. The van der Waals surface area contributed by atoms with Crippen LogP contribution in [0.2, 0.25) is 0 Å². The highest BCUT2D eigenvalue weighted by molar-refractivity contribution is 5.77. The molecule has 0 atom stereocenters. The fraction of sp³-hybridized carbons (Fsp3) is 0.400. The molecule has 0 spiro atoms. The largest absolute Gasteiger partial charge is 0.370 e. The van der Waals surface area contributed by atoms with Crippen molar-refractivity contribution in [1.82, 2.24) is 15.1 Å². The molecular weight excluding hydrogens is 190 g/mol. The molecule has 0 aliphatic carbocycles. The van der Waals surface area contributed by atoms with Gasteiger partial charge in [-0.3, -0.25) is 9.67 Å². The van der Waals surface area contributed by atoms with Crippen LogP contribution >= 0.6 is 0 Å². The Kier molecular flexibility index (Phi) is 4.40. The number of rotatable bonds is 5. The van der Waals surface area contributed by atoms with Gasteiger partial charge in [0.15, 0.2) is 5.96 Å². The van der Waals surface area contributed by atoms with E-state index in [9.17, 15) is 0 Å². The Labute approximate surface area is 89.7 Å². The van der Waals surface area contributed by atoms with Gasteiger partial charge < -0.3 is 11.1 Å². The third-order valence-corrected chi connectivity index (χ3v) is 1.87. The predicted molar refractivity (Wildman–Crippen MR) is 61.6 cm³/mol. The normalized spacial score (nSPS) is 11.4. The number of aryl methyl sites for hydroxylation is 1. The molecule has 0 fully saturated rings. The molecule has 0 unspecified atom stereocenters. The molecule has 5 heteroatoms. The summed E-state index contributed by atoms with van der Waals surface area (Å²) in [6.45, 7) is 4.89. The molecule has 0 aliphatic heterocycles. The van der Waals surface area contributed by atoms with Gasteiger partial charge in [-0.25, -0.2) is 0 Å². The Hall–Kier alpha value is -1.78. The van der Waals surface area contributed by atoms with Gasteiger partial charge in [0.1, 0.15) is 0 Å². The van der Waals surface area contributed by atoms with Gasteiger partial charge >= 0.3 is 0 Å². The van der Waals surface area contributed by atoms with Crippen molar-refractivity contribution in [2.45, 2.75) is 6.42 Å². The summed E-state index contributed by atoms with van der Waals surface area (Å²) in [5.74, 6) is 0.457. The van der Waals surface area contributed by atoms with Crippen molar-refractivity contribution in [1.29, 1.82) is 0 Å². The van der Waals surface area contributed by atoms with Crippen LogP contribution in [0.5, 0.6) is 0 Å². The van der Waals surface area contributed by atoms with Crippen LogP contribution in [0.3, 0.4) is 0 Å². The Morgan fingerprint density at radius 3 is 3.20 bits per heavy atom. The van der Waals surface area contributed by atoms with Crippen molar-refractivity contribution in [3.05, 3.63) is 30.6 Å². The second kappa shape index (κ2) is 5.85. The Morgan fingerprint density at radius 1 is 1.80 bits per heavy atom. The van der Waals surface area contributed by atoms with Crippen LogP contribution in [0.15, 0.2) is 30.0 Å². The van der Waals surface area contributed by atoms with Crippen LogP contribution in [0.4, 0.5) is 0 Å². The zero-order valence-corrected chi connectivity index (χ0v) is 8.98. The molecule has 0 saturated carbocycles.